The van der Waals surface area contributed by atoms with Crippen LogP contribution < -0.4 is 4.90 Å². The van der Waals surface area contributed by atoms with Gasteiger partial charge in [-0.15, -0.1) is 0 Å². The lowest BCUT2D eigenvalue weighted by Crippen LogP contribution is -2.57. The number of aliphatic carboxylic acids is 1. The molecule has 2 aliphatic heterocycles. The topological polar surface area (TPSA) is 91.1 Å². The van der Waals surface area contributed by atoms with Gasteiger partial charge in [-0.2, -0.15) is 18.4 Å². The second-order valence-electron chi connectivity index (χ2n) is 12.5. The summed E-state index contributed by atoms with van der Waals surface area (Å²) in [5.74, 6) is -0.611. The van der Waals surface area contributed by atoms with Crippen LogP contribution in [0.5, 0.6) is 0 Å². The molecule has 42 heavy (non-hydrogen) atoms. The number of hydrogen-bond donors (Lipinski definition) is 1. The molecule has 2 atom stereocenters. The molecule has 1 saturated carbocycles. The molecule has 1 aromatic carbocycles. The molecule has 3 aliphatic rings. The fourth-order valence-electron chi connectivity index (χ4n) is 7.07. The van der Waals surface area contributed by atoms with Gasteiger partial charge in [-0.25, -0.2) is 0 Å². The van der Waals surface area contributed by atoms with E-state index in [9.17, 15) is 27.9 Å². The minimum Gasteiger partial charge on any atom is -0.480 e. The van der Waals surface area contributed by atoms with Crippen LogP contribution in [0.3, 0.4) is 0 Å². The largest absolute Gasteiger partial charge is 0.480 e. The number of rotatable bonds is 8. The maximum atomic E-state index is 13.6. The number of alkyl halides is 3. The Morgan fingerprint density at radius 1 is 1.14 bits per heavy atom. The number of carbonyl (C=O) groups is 2. The first-order valence-corrected chi connectivity index (χ1v) is 15.0. The molecule has 0 unspecified atom stereocenters. The van der Waals surface area contributed by atoms with Gasteiger partial charge in [-0.1, -0.05) is 0 Å². The average Bonchev–Trinajstić information content (AvgIpc) is 3.08. The normalized spacial score (nSPS) is 27.4. The second kappa shape index (κ2) is 12.5. The van der Waals surface area contributed by atoms with E-state index >= 15 is 0 Å². The van der Waals surface area contributed by atoms with Crippen molar-refractivity contribution in [3.8, 4) is 6.07 Å². The Labute approximate surface area is 251 Å². The van der Waals surface area contributed by atoms with Crippen LogP contribution in [-0.2, 0) is 15.8 Å². The molecule has 1 amide bonds. The third kappa shape index (κ3) is 6.58. The number of thiocarbonyl (C=S) groups is 1. The highest BCUT2D eigenvalue weighted by molar-refractivity contribution is 7.80. The smallest absolute Gasteiger partial charge is 0.417 e. The van der Waals surface area contributed by atoms with Gasteiger partial charge in [0, 0.05) is 31.2 Å². The summed E-state index contributed by atoms with van der Waals surface area (Å²) in [5.41, 5.74) is -2.56. The van der Waals surface area contributed by atoms with Crippen LogP contribution in [-0.4, -0.2) is 86.6 Å². The van der Waals surface area contributed by atoms with Gasteiger partial charge in [0.05, 0.1) is 29.4 Å². The molecular weight excluding hydrogens is 567 g/mol. The zero-order valence-electron chi connectivity index (χ0n) is 24.7. The number of benzene rings is 1. The maximum absolute atomic E-state index is 13.6. The summed E-state index contributed by atoms with van der Waals surface area (Å²) in [4.78, 5) is 32.3. The van der Waals surface area contributed by atoms with Gasteiger partial charge in [0.25, 0.3) is 5.91 Å². The number of nitrogens with zero attached hydrogens (tertiary/aromatic N) is 5. The standard InChI is InChI=1S/C30H40F3N5O3S/c1-19-16-35(17-20(2)36(19)18-26(39)40)13-5-6-21-7-10-23(11-8-21)38-28(42)37(27(41)29(38,3)4)24-12-9-22(15-34)25(14-24)30(31,32)33/h9,12,14,19-21,23H,5-8,10-11,13,16-18H2,1-4H3,(H,39,40)/t19-,20+,21?,23?. The molecule has 230 valence electrons. The SMILES string of the molecule is C[C@@H]1CN(CCCC2CCC(N3C(=S)N(c4ccc(C#N)c(C(F)(F)F)c4)C(=O)C3(C)C)CC2)C[C@H](C)N1CC(=O)O. The number of carbonyl (C=O) groups excluding carboxylic acids is 1. The van der Waals surface area contributed by atoms with E-state index in [1.54, 1.807) is 19.9 Å². The lowest BCUT2D eigenvalue weighted by Gasteiger charge is -2.44. The Morgan fingerprint density at radius 2 is 1.76 bits per heavy atom. The van der Waals surface area contributed by atoms with Crippen molar-refractivity contribution in [2.45, 2.75) is 96.1 Å². The minimum absolute atomic E-state index is 0.0159. The Kier molecular flexibility index (Phi) is 9.55. The van der Waals surface area contributed by atoms with Gasteiger partial charge in [0.2, 0.25) is 0 Å². The first-order valence-electron chi connectivity index (χ1n) is 14.6. The van der Waals surface area contributed by atoms with Crippen molar-refractivity contribution < 1.29 is 27.9 Å². The molecule has 1 aromatic rings. The predicted octanol–water partition coefficient (Wildman–Crippen LogP) is 5.11. The predicted molar refractivity (Wildman–Crippen MR) is 157 cm³/mol. The van der Waals surface area contributed by atoms with E-state index < -0.39 is 28.8 Å². The monoisotopic (exact) mass is 607 g/mol. The van der Waals surface area contributed by atoms with Gasteiger partial charge >= 0.3 is 12.1 Å². The van der Waals surface area contributed by atoms with E-state index in [1.807, 2.05) is 9.80 Å². The summed E-state index contributed by atoms with van der Waals surface area (Å²) in [6.45, 7) is 10.5. The van der Waals surface area contributed by atoms with Gasteiger partial charge in [-0.05, 0) is 109 Å². The highest BCUT2D eigenvalue weighted by Crippen LogP contribution is 2.41. The molecule has 0 aromatic heterocycles. The molecule has 1 aliphatic carbocycles. The molecular formula is C30H40F3N5O3S. The number of piperazine rings is 1. The molecule has 3 fully saturated rings. The van der Waals surface area contributed by atoms with Gasteiger partial charge in [0.15, 0.2) is 5.11 Å². The molecule has 4 rings (SSSR count). The summed E-state index contributed by atoms with van der Waals surface area (Å²) < 4.78 is 40.8. The Morgan fingerprint density at radius 3 is 2.31 bits per heavy atom. The fraction of sp³-hybridized carbons (Fsp3) is 0.667. The van der Waals surface area contributed by atoms with Gasteiger partial charge in [-0.3, -0.25) is 19.4 Å². The highest BCUT2D eigenvalue weighted by atomic mass is 32.1. The molecule has 0 spiro atoms. The third-order valence-electron chi connectivity index (χ3n) is 9.18. The number of carboxylic acids is 1. The van der Waals surface area contributed by atoms with Crippen molar-refractivity contribution in [2.75, 3.05) is 31.1 Å². The summed E-state index contributed by atoms with van der Waals surface area (Å²) in [7, 11) is 0. The van der Waals surface area contributed by atoms with Crippen molar-refractivity contribution in [1.82, 2.24) is 14.7 Å². The molecule has 8 nitrogen and oxygen atoms in total. The lowest BCUT2D eigenvalue weighted by molar-refractivity contribution is -0.140. The summed E-state index contributed by atoms with van der Waals surface area (Å²) in [6.07, 6.45) is 1.09. The van der Waals surface area contributed by atoms with Crippen LogP contribution in [0.15, 0.2) is 18.2 Å². The Balaban J connectivity index is 1.34. The van der Waals surface area contributed by atoms with Crippen molar-refractivity contribution in [3.63, 3.8) is 0 Å². The summed E-state index contributed by atoms with van der Waals surface area (Å²) in [6, 6.07) is 5.26. The number of amides is 1. The minimum atomic E-state index is -4.73. The quantitative estimate of drug-likeness (QED) is 0.408. The van der Waals surface area contributed by atoms with E-state index in [0.717, 1.165) is 70.3 Å². The molecule has 0 radical (unpaired) electrons. The van der Waals surface area contributed by atoms with E-state index in [2.05, 4.69) is 18.7 Å². The number of anilines is 1. The van der Waals surface area contributed by atoms with E-state index in [4.69, 9.17) is 17.5 Å². The third-order valence-corrected chi connectivity index (χ3v) is 9.56. The van der Waals surface area contributed by atoms with E-state index in [0.29, 0.717) is 5.92 Å². The van der Waals surface area contributed by atoms with Crippen molar-refractivity contribution in [1.29, 1.82) is 5.26 Å². The molecule has 1 N–H and O–H groups in total. The van der Waals surface area contributed by atoms with Crippen molar-refractivity contribution in [2.24, 2.45) is 5.92 Å². The van der Waals surface area contributed by atoms with Crippen LogP contribution in [0, 0.1) is 17.2 Å². The number of halogens is 3. The Bertz CT molecular complexity index is 1230. The van der Waals surface area contributed by atoms with Crippen molar-refractivity contribution in [3.05, 3.63) is 29.3 Å². The van der Waals surface area contributed by atoms with Gasteiger partial charge < -0.3 is 14.9 Å². The average molecular weight is 608 g/mol. The first-order chi connectivity index (χ1) is 19.6. The first kappa shape index (κ1) is 32.2. The van der Waals surface area contributed by atoms with Crippen LogP contribution >= 0.6 is 12.2 Å². The van der Waals surface area contributed by atoms with Crippen LogP contribution in [0.1, 0.15) is 77.3 Å². The zero-order chi connectivity index (χ0) is 31.0. The zero-order valence-corrected chi connectivity index (χ0v) is 25.5. The highest BCUT2D eigenvalue weighted by Gasteiger charge is 2.52. The van der Waals surface area contributed by atoms with Crippen LogP contribution in [0.4, 0.5) is 18.9 Å². The van der Waals surface area contributed by atoms with E-state index in [-0.39, 0.29) is 41.4 Å². The second-order valence-corrected chi connectivity index (χ2v) is 12.9. The molecule has 2 saturated heterocycles. The van der Waals surface area contributed by atoms with Gasteiger partial charge in [0.1, 0.15) is 5.54 Å². The maximum Gasteiger partial charge on any atom is 0.417 e. The number of hydrogen-bond acceptors (Lipinski definition) is 6. The summed E-state index contributed by atoms with van der Waals surface area (Å²) >= 11 is 5.71. The van der Waals surface area contributed by atoms with Crippen LogP contribution in [0.2, 0.25) is 0 Å². The molecule has 0 bridgehead atoms. The van der Waals surface area contributed by atoms with Crippen LogP contribution in [0.25, 0.3) is 0 Å². The van der Waals surface area contributed by atoms with E-state index in [1.165, 1.54) is 11.0 Å². The fourth-order valence-corrected chi connectivity index (χ4v) is 7.63. The lowest BCUT2D eigenvalue weighted by atomic mass is 9.82. The summed E-state index contributed by atoms with van der Waals surface area (Å²) in [5, 5.41) is 18.5. The number of carboxylic acid groups (broad SMARTS) is 1. The Hall–Kier alpha value is -2.75. The number of nitriles is 1. The van der Waals surface area contributed by atoms with Crippen molar-refractivity contribution >= 4 is 34.9 Å². The molecule has 12 heteroatoms. The molecule has 2 heterocycles.